The highest BCUT2D eigenvalue weighted by atomic mass is 16.5. The van der Waals surface area contributed by atoms with Gasteiger partial charge in [-0.25, -0.2) is 4.79 Å². The number of benzene rings is 1. The minimum Gasteiger partial charge on any atom is -0.508 e. The molecule has 0 bridgehead atoms. The van der Waals surface area contributed by atoms with Gasteiger partial charge in [-0.1, -0.05) is 24.3 Å². The van der Waals surface area contributed by atoms with Crippen LogP contribution < -0.4 is 10.4 Å². The number of phenols is 1. The molecule has 2 aromatic rings. The van der Waals surface area contributed by atoms with Crippen molar-refractivity contribution in [3.63, 3.8) is 0 Å². The van der Waals surface area contributed by atoms with Crippen molar-refractivity contribution in [3.8, 4) is 22.8 Å². The molecule has 1 aromatic carbocycles. The Morgan fingerprint density at radius 2 is 1.86 bits per heavy atom. The molecule has 2 aliphatic rings. The second-order valence-electron chi connectivity index (χ2n) is 5.11. The van der Waals surface area contributed by atoms with Gasteiger partial charge in [-0.05, 0) is 30.3 Å². The van der Waals surface area contributed by atoms with Gasteiger partial charge in [0.05, 0.1) is 11.6 Å². The van der Waals surface area contributed by atoms with Crippen LogP contribution in [0.1, 0.15) is 5.56 Å². The Morgan fingerprint density at radius 3 is 2.68 bits per heavy atom. The molecule has 0 saturated carbocycles. The maximum Gasteiger partial charge on any atom is 0.339 e. The van der Waals surface area contributed by atoms with Crippen LogP contribution in [0.15, 0.2) is 69.9 Å². The monoisotopic (exact) mass is 292 g/mol. The average Bonchev–Trinajstić information content (AvgIpc) is 2.69. The van der Waals surface area contributed by atoms with Crippen LogP contribution in [-0.4, -0.2) is 11.2 Å². The molecule has 22 heavy (non-hydrogen) atoms. The lowest BCUT2D eigenvalue weighted by Crippen LogP contribution is -2.07. The third kappa shape index (κ3) is 1.97. The third-order valence-corrected chi connectivity index (χ3v) is 3.69. The molecular weight excluding hydrogens is 280 g/mol. The molecule has 1 atom stereocenters. The van der Waals surface area contributed by atoms with Gasteiger partial charge < -0.3 is 14.3 Å². The predicted octanol–water partition coefficient (Wildman–Crippen LogP) is 3.28. The summed E-state index contributed by atoms with van der Waals surface area (Å²) in [5.74, 6) is 1.14. The summed E-state index contributed by atoms with van der Waals surface area (Å²) in [7, 11) is 0. The number of ether oxygens (including phenoxy) is 1. The van der Waals surface area contributed by atoms with E-state index in [2.05, 4.69) is 0 Å². The molecule has 0 radical (unpaired) electrons. The smallest absolute Gasteiger partial charge is 0.339 e. The highest BCUT2D eigenvalue weighted by molar-refractivity contribution is 5.87. The number of aromatic hydroxyl groups is 1. The van der Waals surface area contributed by atoms with E-state index in [0.717, 1.165) is 11.1 Å². The third-order valence-electron chi connectivity index (χ3n) is 3.69. The summed E-state index contributed by atoms with van der Waals surface area (Å²) in [5, 5.41) is 9.43. The van der Waals surface area contributed by atoms with E-state index < -0.39 is 5.63 Å². The summed E-state index contributed by atoms with van der Waals surface area (Å²) in [6.07, 6.45) is 9.43. The fraction of sp³-hybridized carbons (Fsp3) is 0.0556. The first kappa shape index (κ1) is 12.7. The van der Waals surface area contributed by atoms with Crippen molar-refractivity contribution in [1.82, 2.24) is 0 Å². The average molecular weight is 292 g/mol. The molecule has 1 aliphatic carbocycles. The number of allylic oxidation sites excluding steroid dienone is 4. The zero-order valence-electron chi connectivity index (χ0n) is 11.5. The van der Waals surface area contributed by atoms with Crippen molar-refractivity contribution in [3.05, 3.63) is 76.7 Å². The molecule has 108 valence electrons. The van der Waals surface area contributed by atoms with Crippen LogP contribution in [0.3, 0.4) is 0 Å². The van der Waals surface area contributed by atoms with Gasteiger partial charge >= 0.3 is 5.63 Å². The zero-order valence-corrected chi connectivity index (χ0v) is 11.5. The number of hydrogen-bond donors (Lipinski definition) is 1. The molecule has 1 aromatic heterocycles. The van der Waals surface area contributed by atoms with E-state index in [1.165, 1.54) is 6.07 Å². The zero-order chi connectivity index (χ0) is 15.1. The van der Waals surface area contributed by atoms with Gasteiger partial charge in [0.25, 0.3) is 0 Å². The molecule has 0 amide bonds. The highest BCUT2D eigenvalue weighted by Gasteiger charge is 2.32. The molecule has 4 nitrogen and oxygen atoms in total. The summed E-state index contributed by atoms with van der Waals surface area (Å²) in [6.45, 7) is 0. The van der Waals surface area contributed by atoms with Crippen LogP contribution in [-0.2, 0) is 0 Å². The lowest BCUT2D eigenvalue weighted by Gasteiger charge is -2.07. The number of phenolic OH excluding ortho intramolecular Hbond substituents is 1. The van der Waals surface area contributed by atoms with Gasteiger partial charge in [0.15, 0.2) is 0 Å². The first-order chi connectivity index (χ1) is 10.7. The van der Waals surface area contributed by atoms with E-state index in [1.807, 2.05) is 30.4 Å². The first-order valence-electron chi connectivity index (χ1n) is 6.92. The van der Waals surface area contributed by atoms with Crippen LogP contribution >= 0.6 is 0 Å². The molecule has 0 spiro atoms. The Balaban J connectivity index is 1.97. The SMILES string of the molecule is O=c1cc2c(c(-c3ccc(O)cc3)o1)C1=CC=CC=CC1O2. The molecule has 2 heterocycles. The number of hydrogen-bond acceptors (Lipinski definition) is 4. The lowest BCUT2D eigenvalue weighted by molar-refractivity contribution is 0.321. The Morgan fingerprint density at radius 1 is 1.05 bits per heavy atom. The van der Waals surface area contributed by atoms with Crippen LogP contribution in [0.25, 0.3) is 16.9 Å². The minimum absolute atomic E-state index is 0.160. The number of rotatable bonds is 1. The van der Waals surface area contributed by atoms with Gasteiger partial charge in [-0.15, -0.1) is 0 Å². The minimum atomic E-state index is -0.460. The van der Waals surface area contributed by atoms with Crippen LogP contribution in [0.4, 0.5) is 0 Å². The highest BCUT2D eigenvalue weighted by Crippen LogP contribution is 2.43. The Kier molecular flexibility index (Phi) is 2.76. The van der Waals surface area contributed by atoms with Gasteiger partial charge in [-0.2, -0.15) is 0 Å². The standard InChI is InChI=1S/C18H12O4/c19-12-8-6-11(7-9-12)18-17-13-4-2-1-3-5-14(13)21-15(17)10-16(20)22-18/h1-10,14,19H. The van der Waals surface area contributed by atoms with Crippen molar-refractivity contribution in [2.75, 3.05) is 0 Å². The van der Waals surface area contributed by atoms with Crippen molar-refractivity contribution in [2.45, 2.75) is 6.10 Å². The molecular formula is C18H12O4. The fourth-order valence-corrected chi connectivity index (χ4v) is 2.71. The van der Waals surface area contributed by atoms with Crippen molar-refractivity contribution in [1.29, 1.82) is 0 Å². The fourth-order valence-electron chi connectivity index (χ4n) is 2.71. The summed E-state index contributed by atoms with van der Waals surface area (Å²) < 4.78 is 11.3. The van der Waals surface area contributed by atoms with E-state index in [4.69, 9.17) is 9.15 Å². The van der Waals surface area contributed by atoms with Crippen molar-refractivity contribution in [2.24, 2.45) is 0 Å². The second-order valence-corrected chi connectivity index (χ2v) is 5.11. The van der Waals surface area contributed by atoms with E-state index in [-0.39, 0.29) is 11.9 Å². The van der Waals surface area contributed by atoms with Gasteiger partial charge in [0.2, 0.25) is 0 Å². The summed E-state index contributed by atoms with van der Waals surface area (Å²) in [6, 6.07) is 7.91. The Hall–Kier alpha value is -3.01. The Labute approximate surface area is 126 Å². The Bertz CT molecular complexity index is 882. The van der Waals surface area contributed by atoms with Crippen molar-refractivity contribution < 1.29 is 14.3 Å². The van der Waals surface area contributed by atoms with Gasteiger partial charge in [0, 0.05) is 11.1 Å². The molecule has 1 aliphatic heterocycles. The molecule has 0 fully saturated rings. The van der Waals surface area contributed by atoms with E-state index in [9.17, 15) is 9.90 Å². The first-order valence-corrected chi connectivity index (χ1v) is 6.92. The molecule has 4 rings (SSSR count). The normalized spacial score (nSPS) is 18.2. The molecule has 4 heteroatoms. The largest absolute Gasteiger partial charge is 0.508 e. The van der Waals surface area contributed by atoms with Gasteiger partial charge in [-0.3, -0.25) is 0 Å². The molecule has 0 saturated heterocycles. The molecule has 1 N–H and O–H groups in total. The summed E-state index contributed by atoms with van der Waals surface area (Å²) >= 11 is 0. The van der Waals surface area contributed by atoms with E-state index in [0.29, 0.717) is 17.1 Å². The number of fused-ring (bicyclic) bond motifs is 3. The maximum atomic E-state index is 11.8. The van der Waals surface area contributed by atoms with Gasteiger partial charge in [0.1, 0.15) is 23.4 Å². The second kappa shape index (κ2) is 4.77. The lowest BCUT2D eigenvalue weighted by atomic mass is 9.98. The van der Waals surface area contributed by atoms with E-state index >= 15 is 0 Å². The maximum absolute atomic E-state index is 11.8. The van der Waals surface area contributed by atoms with Crippen molar-refractivity contribution >= 4 is 5.57 Å². The van der Waals surface area contributed by atoms with Crippen LogP contribution in [0.5, 0.6) is 11.5 Å². The topological polar surface area (TPSA) is 59.7 Å². The summed E-state index contributed by atoms with van der Waals surface area (Å²) in [5.41, 5.74) is 1.99. The van der Waals surface area contributed by atoms with Crippen LogP contribution in [0, 0.1) is 0 Å². The molecule has 1 unspecified atom stereocenters. The van der Waals surface area contributed by atoms with Crippen LogP contribution in [0.2, 0.25) is 0 Å². The summed E-state index contributed by atoms with van der Waals surface area (Å²) in [4.78, 5) is 11.8. The predicted molar refractivity (Wildman–Crippen MR) is 82.8 cm³/mol. The van der Waals surface area contributed by atoms with E-state index in [1.54, 1.807) is 24.3 Å². The quantitative estimate of drug-likeness (QED) is 0.876.